The number of ether oxygens (including phenoxy) is 1. The molecular formula is C18H12ClN3O5S2. The molecule has 0 bridgehead atoms. The molecule has 1 amide bonds. The Balaban J connectivity index is 2.01. The van der Waals surface area contributed by atoms with Crippen molar-refractivity contribution < 1.29 is 19.2 Å². The predicted octanol–water partition coefficient (Wildman–Crippen LogP) is 5.13. The van der Waals surface area contributed by atoms with E-state index in [0.29, 0.717) is 10.9 Å². The zero-order valence-electron chi connectivity index (χ0n) is 15.1. The Labute approximate surface area is 177 Å². The average Bonchev–Trinajstić information content (AvgIpc) is 3.18. The number of carbonyl (C=O) groups is 2. The molecule has 2 heterocycles. The fraction of sp³-hybridized carbons (Fsp3) is 0.167. The lowest BCUT2D eigenvalue weighted by Gasteiger charge is -2.01. The highest BCUT2D eigenvalue weighted by atomic mass is 35.5. The maximum atomic E-state index is 12.8. The molecule has 0 saturated carbocycles. The largest absolute Gasteiger partial charge is 0.462 e. The van der Waals surface area contributed by atoms with E-state index in [0.717, 1.165) is 22.7 Å². The number of fused-ring (bicyclic) bond motifs is 1. The van der Waals surface area contributed by atoms with Crippen LogP contribution in [0, 0.1) is 28.4 Å². The number of halogens is 1. The van der Waals surface area contributed by atoms with Gasteiger partial charge in [0.05, 0.1) is 22.1 Å². The van der Waals surface area contributed by atoms with Crippen LogP contribution in [0.1, 0.15) is 37.4 Å². The highest BCUT2D eigenvalue weighted by Gasteiger charge is 2.26. The van der Waals surface area contributed by atoms with E-state index in [1.807, 2.05) is 6.07 Å². The molecule has 8 nitrogen and oxygen atoms in total. The lowest BCUT2D eigenvalue weighted by atomic mass is 10.2. The summed E-state index contributed by atoms with van der Waals surface area (Å²) in [5.74, 6) is -1.21. The van der Waals surface area contributed by atoms with Crippen LogP contribution in [0.2, 0.25) is 5.02 Å². The van der Waals surface area contributed by atoms with E-state index in [2.05, 4.69) is 5.32 Å². The van der Waals surface area contributed by atoms with Crippen LogP contribution < -0.4 is 5.32 Å². The molecule has 2 aromatic heterocycles. The highest BCUT2D eigenvalue weighted by molar-refractivity contribution is 7.22. The number of nitrogens with zero attached hydrogens (tertiary/aromatic N) is 2. The maximum absolute atomic E-state index is 12.8. The number of nitriles is 1. The van der Waals surface area contributed by atoms with Crippen LogP contribution in [0.4, 0.5) is 10.7 Å². The molecule has 11 heteroatoms. The number of amides is 1. The topological polar surface area (TPSA) is 122 Å². The van der Waals surface area contributed by atoms with Crippen LogP contribution in [0.5, 0.6) is 0 Å². The lowest BCUT2D eigenvalue weighted by molar-refractivity contribution is -0.382. The minimum absolute atomic E-state index is 0.0728. The van der Waals surface area contributed by atoms with Crippen LogP contribution in [-0.4, -0.2) is 23.4 Å². The van der Waals surface area contributed by atoms with Gasteiger partial charge in [-0.05, 0) is 19.4 Å². The minimum Gasteiger partial charge on any atom is -0.462 e. The van der Waals surface area contributed by atoms with Crippen molar-refractivity contribution in [3.63, 3.8) is 0 Å². The Kier molecular flexibility index (Phi) is 5.83. The van der Waals surface area contributed by atoms with Gasteiger partial charge in [-0.3, -0.25) is 14.9 Å². The predicted molar refractivity (Wildman–Crippen MR) is 111 cm³/mol. The molecule has 0 atom stereocenters. The number of benzene rings is 1. The number of anilines is 1. The van der Waals surface area contributed by atoms with E-state index in [1.165, 1.54) is 12.1 Å². The number of nitro benzene ring substituents is 1. The van der Waals surface area contributed by atoms with Crippen molar-refractivity contribution in [2.45, 2.75) is 13.8 Å². The van der Waals surface area contributed by atoms with Gasteiger partial charge in [-0.1, -0.05) is 23.7 Å². The smallest absolute Gasteiger partial charge is 0.348 e. The maximum Gasteiger partial charge on any atom is 0.348 e. The average molecular weight is 450 g/mol. The first-order chi connectivity index (χ1) is 13.8. The van der Waals surface area contributed by atoms with E-state index in [9.17, 15) is 25.0 Å². The minimum atomic E-state index is -0.626. The van der Waals surface area contributed by atoms with Crippen LogP contribution in [0.25, 0.3) is 10.1 Å². The first kappa shape index (κ1) is 20.7. The molecular weight excluding hydrogens is 438 g/mol. The van der Waals surface area contributed by atoms with Gasteiger partial charge in [-0.2, -0.15) is 5.26 Å². The second-order valence-electron chi connectivity index (χ2n) is 5.70. The summed E-state index contributed by atoms with van der Waals surface area (Å²) in [6.45, 7) is 3.43. The summed E-state index contributed by atoms with van der Waals surface area (Å²) in [4.78, 5) is 35.8. The molecule has 0 radical (unpaired) electrons. The molecule has 0 unspecified atom stereocenters. The Morgan fingerprint density at radius 1 is 1.34 bits per heavy atom. The molecule has 1 aromatic carbocycles. The molecule has 0 saturated heterocycles. The summed E-state index contributed by atoms with van der Waals surface area (Å²) in [6.07, 6.45) is 0. The number of hydrogen-bond donors (Lipinski definition) is 1. The van der Waals surface area contributed by atoms with Gasteiger partial charge in [0.15, 0.2) is 0 Å². The van der Waals surface area contributed by atoms with Crippen LogP contribution >= 0.6 is 34.3 Å². The van der Waals surface area contributed by atoms with Gasteiger partial charge >= 0.3 is 5.97 Å². The van der Waals surface area contributed by atoms with Gasteiger partial charge in [0.2, 0.25) is 0 Å². The zero-order chi connectivity index (χ0) is 21.3. The third-order valence-corrected chi connectivity index (χ3v) is 6.90. The molecule has 0 aliphatic carbocycles. The third-order valence-electron chi connectivity index (χ3n) is 3.98. The van der Waals surface area contributed by atoms with Gasteiger partial charge in [-0.25, -0.2) is 4.79 Å². The summed E-state index contributed by atoms with van der Waals surface area (Å²) < 4.78 is 5.25. The van der Waals surface area contributed by atoms with Gasteiger partial charge < -0.3 is 10.1 Å². The first-order valence-corrected chi connectivity index (χ1v) is 10.2. The Morgan fingerprint density at radius 3 is 2.69 bits per heavy atom. The second-order valence-corrected chi connectivity index (χ2v) is 8.12. The summed E-state index contributed by atoms with van der Waals surface area (Å²) in [7, 11) is 0. The van der Waals surface area contributed by atoms with Crippen molar-refractivity contribution in [2.75, 3.05) is 11.9 Å². The summed E-state index contributed by atoms with van der Waals surface area (Å²) in [5, 5.41) is 23.9. The molecule has 148 valence electrons. The SMILES string of the molecule is CCOC(=O)c1sc(NC(=O)c2sc3c([N+](=O)[O-])cccc3c2Cl)c(C#N)c1C. The highest BCUT2D eigenvalue weighted by Crippen LogP contribution is 2.41. The molecule has 1 N–H and O–H groups in total. The fourth-order valence-electron chi connectivity index (χ4n) is 2.65. The van der Waals surface area contributed by atoms with E-state index in [-0.39, 0.29) is 42.3 Å². The third kappa shape index (κ3) is 3.67. The second kappa shape index (κ2) is 8.16. The zero-order valence-corrected chi connectivity index (χ0v) is 17.5. The van der Waals surface area contributed by atoms with E-state index in [1.54, 1.807) is 19.9 Å². The molecule has 0 spiro atoms. The first-order valence-electron chi connectivity index (χ1n) is 8.17. The van der Waals surface area contributed by atoms with Crippen molar-refractivity contribution in [3.05, 3.63) is 54.2 Å². The summed E-state index contributed by atoms with van der Waals surface area (Å²) in [5.41, 5.74) is 0.404. The number of carbonyl (C=O) groups excluding carboxylic acids is 2. The van der Waals surface area contributed by atoms with Crippen molar-refractivity contribution in [3.8, 4) is 6.07 Å². The lowest BCUT2D eigenvalue weighted by Crippen LogP contribution is -2.10. The van der Waals surface area contributed by atoms with Gasteiger partial charge in [0.25, 0.3) is 11.6 Å². The molecule has 29 heavy (non-hydrogen) atoms. The van der Waals surface area contributed by atoms with Gasteiger partial charge in [-0.15, -0.1) is 22.7 Å². The quantitative estimate of drug-likeness (QED) is 0.327. The normalized spacial score (nSPS) is 10.6. The van der Waals surface area contributed by atoms with E-state index >= 15 is 0 Å². The number of thiophene rings is 2. The van der Waals surface area contributed by atoms with Crippen LogP contribution in [-0.2, 0) is 4.74 Å². The van der Waals surface area contributed by atoms with Crippen LogP contribution in [0.3, 0.4) is 0 Å². The number of nitro groups is 1. The van der Waals surface area contributed by atoms with E-state index < -0.39 is 16.8 Å². The van der Waals surface area contributed by atoms with E-state index in [4.69, 9.17) is 16.3 Å². The standard InChI is InChI=1S/C18H12ClN3O5S2/c1-3-27-18(24)13-8(2)10(7-20)17(29-13)21-16(23)15-12(19)9-5-4-6-11(22(25)26)14(9)28-15/h4-6H,3H2,1-2H3,(H,21,23). The molecule has 3 aromatic rings. The monoisotopic (exact) mass is 449 g/mol. The van der Waals surface area contributed by atoms with Crippen molar-refractivity contribution in [2.24, 2.45) is 0 Å². The molecule has 3 rings (SSSR count). The number of nitrogens with one attached hydrogen (secondary N) is 1. The number of esters is 1. The number of hydrogen-bond acceptors (Lipinski definition) is 8. The Bertz CT molecular complexity index is 1210. The number of rotatable bonds is 5. The Hall–Kier alpha value is -3.00. The van der Waals surface area contributed by atoms with Crippen molar-refractivity contribution in [1.82, 2.24) is 0 Å². The fourth-order valence-corrected chi connectivity index (χ4v) is 5.19. The van der Waals surface area contributed by atoms with Gasteiger partial charge in [0.1, 0.15) is 25.5 Å². The Morgan fingerprint density at radius 2 is 2.07 bits per heavy atom. The molecule has 0 fully saturated rings. The number of non-ortho nitro benzene ring substituents is 1. The molecule has 0 aliphatic heterocycles. The summed E-state index contributed by atoms with van der Waals surface area (Å²) in [6, 6.07) is 6.38. The van der Waals surface area contributed by atoms with Crippen LogP contribution in [0.15, 0.2) is 18.2 Å². The van der Waals surface area contributed by atoms with Crippen molar-refractivity contribution in [1.29, 1.82) is 5.26 Å². The van der Waals surface area contributed by atoms with Gasteiger partial charge in [0, 0.05) is 11.5 Å². The molecule has 0 aliphatic rings. The van der Waals surface area contributed by atoms with Crippen molar-refractivity contribution >= 4 is 66.9 Å². The summed E-state index contributed by atoms with van der Waals surface area (Å²) >= 11 is 8.10.